The third kappa shape index (κ3) is 4.85. The van der Waals surface area contributed by atoms with E-state index in [1.54, 1.807) is 11.3 Å². The number of thiophene rings is 1. The number of rotatable bonds is 4. The average Bonchev–Trinajstić information content (AvgIpc) is 3.01. The van der Waals surface area contributed by atoms with Crippen LogP contribution in [0.4, 0.5) is 0 Å². The standard InChI is InChI=1S/C18H19NS.ClH/c1-2-5-17(6-3-1)15-19-12-10-16(11-13-19)8-9-18-7-4-14-20-18;/h1-10,14H,11-13,15H2;1H/b9-8+;. The summed E-state index contributed by atoms with van der Waals surface area (Å²) in [7, 11) is 0. The van der Waals surface area contributed by atoms with Crippen LogP contribution >= 0.6 is 23.7 Å². The molecule has 0 amide bonds. The van der Waals surface area contributed by atoms with Crippen LogP contribution in [0.5, 0.6) is 0 Å². The summed E-state index contributed by atoms with van der Waals surface area (Å²) in [5.41, 5.74) is 2.86. The van der Waals surface area contributed by atoms with Crippen molar-refractivity contribution in [2.24, 2.45) is 0 Å². The molecule has 0 saturated carbocycles. The molecule has 2 heterocycles. The molecule has 0 radical (unpaired) electrons. The van der Waals surface area contributed by atoms with Crippen molar-refractivity contribution in [3.8, 4) is 0 Å². The van der Waals surface area contributed by atoms with Crippen LogP contribution < -0.4 is 0 Å². The number of allylic oxidation sites excluding steroid dienone is 1. The maximum absolute atomic E-state index is 2.50. The molecule has 21 heavy (non-hydrogen) atoms. The van der Waals surface area contributed by atoms with Gasteiger partial charge in [0.25, 0.3) is 0 Å². The minimum Gasteiger partial charge on any atom is -0.295 e. The highest BCUT2D eigenvalue weighted by molar-refractivity contribution is 7.10. The Morgan fingerprint density at radius 2 is 1.90 bits per heavy atom. The number of halogens is 1. The molecule has 0 aliphatic carbocycles. The Kier molecular flexibility index (Phi) is 6.24. The average molecular weight is 318 g/mol. The Hall–Kier alpha value is -1.35. The van der Waals surface area contributed by atoms with Crippen LogP contribution in [-0.4, -0.2) is 18.0 Å². The second kappa shape index (κ2) is 8.18. The monoisotopic (exact) mass is 317 g/mol. The van der Waals surface area contributed by atoms with Gasteiger partial charge in [-0.05, 0) is 35.1 Å². The van der Waals surface area contributed by atoms with Crippen LogP contribution in [0.2, 0.25) is 0 Å². The Labute approximate surface area is 137 Å². The molecule has 1 aliphatic heterocycles. The van der Waals surface area contributed by atoms with E-state index in [1.165, 1.54) is 16.0 Å². The Morgan fingerprint density at radius 1 is 1.05 bits per heavy atom. The summed E-state index contributed by atoms with van der Waals surface area (Å²) in [6.07, 6.45) is 8.00. The van der Waals surface area contributed by atoms with Crippen LogP contribution in [0.25, 0.3) is 6.08 Å². The molecule has 0 bridgehead atoms. The molecule has 2 aromatic rings. The van der Waals surface area contributed by atoms with E-state index in [2.05, 4.69) is 71.0 Å². The maximum Gasteiger partial charge on any atom is 0.0270 e. The smallest absolute Gasteiger partial charge is 0.0270 e. The van der Waals surface area contributed by atoms with Gasteiger partial charge in [0.1, 0.15) is 0 Å². The van der Waals surface area contributed by atoms with E-state index in [-0.39, 0.29) is 12.4 Å². The Bertz CT molecular complexity index is 587. The van der Waals surface area contributed by atoms with Crippen molar-refractivity contribution < 1.29 is 0 Å². The highest BCUT2D eigenvalue weighted by Crippen LogP contribution is 2.17. The lowest BCUT2D eigenvalue weighted by Crippen LogP contribution is -2.27. The molecular weight excluding hydrogens is 298 g/mol. The molecule has 110 valence electrons. The Morgan fingerprint density at radius 3 is 2.57 bits per heavy atom. The van der Waals surface area contributed by atoms with E-state index in [1.807, 2.05) is 0 Å². The largest absolute Gasteiger partial charge is 0.295 e. The van der Waals surface area contributed by atoms with E-state index < -0.39 is 0 Å². The Balaban J connectivity index is 0.00000161. The molecule has 3 heteroatoms. The van der Waals surface area contributed by atoms with E-state index >= 15 is 0 Å². The van der Waals surface area contributed by atoms with Crippen LogP contribution in [0.3, 0.4) is 0 Å². The molecule has 1 aliphatic rings. The lowest BCUT2D eigenvalue weighted by Gasteiger charge is -2.25. The third-order valence-corrected chi connectivity index (χ3v) is 4.42. The molecule has 0 spiro atoms. The van der Waals surface area contributed by atoms with E-state index in [0.717, 1.165) is 26.1 Å². The molecule has 0 fully saturated rings. The fourth-order valence-electron chi connectivity index (χ4n) is 2.44. The fourth-order valence-corrected chi connectivity index (χ4v) is 3.06. The van der Waals surface area contributed by atoms with Crippen LogP contribution in [-0.2, 0) is 6.54 Å². The first-order valence-electron chi connectivity index (χ1n) is 7.07. The minimum atomic E-state index is 0. The van der Waals surface area contributed by atoms with Crippen molar-refractivity contribution in [1.29, 1.82) is 0 Å². The highest BCUT2D eigenvalue weighted by Gasteiger charge is 2.10. The summed E-state index contributed by atoms with van der Waals surface area (Å²) >= 11 is 1.79. The van der Waals surface area contributed by atoms with Gasteiger partial charge in [-0.15, -0.1) is 23.7 Å². The van der Waals surface area contributed by atoms with Gasteiger partial charge in [0.15, 0.2) is 0 Å². The fraction of sp³-hybridized carbons (Fsp3) is 0.222. The van der Waals surface area contributed by atoms with Crippen molar-refractivity contribution in [2.45, 2.75) is 13.0 Å². The first kappa shape index (κ1) is 16.0. The SMILES string of the molecule is C1=C(/C=C/c2cccs2)CCN(Cc2ccccc2)C1.Cl. The maximum atomic E-state index is 2.50. The zero-order chi connectivity index (χ0) is 13.6. The summed E-state index contributed by atoms with van der Waals surface area (Å²) in [5, 5.41) is 2.12. The van der Waals surface area contributed by atoms with Crippen LogP contribution in [0, 0.1) is 0 Å². The highest BCUT2D eigenvalue weighted by atomic mass is 35.5. The third-order valence-electron chi connectivity index (χ3n) is 3.58. The quantitative estimate of drug-likeness (QED) is 0.765. The lowest BCUT2D eigenvalue weighted by molar-refractivity contribution is 0.287. The van der Waals surface area contributed by atoms with Gasteiger partial charge in [-0.2, -0.15) is 0 Å². The van der Waals surface area contributed by atoms with Gasteiger partial charge in [0.2, 0.25) is 0 Å². The molecule has 0 unspecified atom stereocenters. The summed E-state index contributed by atoms with van der Waals surface area (Å²) in [6.45, 7) is 3.26. The summed E-state index contributed by atoms with van der Waals surface area (Å²) in [6, 6.07) is 15.0. The van der Waals surface area contributed by atoms with Crippen molar-refractivity contribution in [2.75, 3.05) is 13.1 Å². The van der Waals surface area contributed by atoms with Crippen molar-refractivity contribution in [3.63, 3.8) is 0 Å². The van der Waals surface area contributed by atoms with E-state index in [0.29, 0.717) is 0 Å². The van der Waals surface area contributed by atoms with Gasteiger partial charge >= 0.3 is 0 Å². The van der Waals surface area contributed by atoms with Crippen molar-refractivity contribution in [3.05, 3.63) is 76.0 Å². The van der Waals surface area contributed by atoms with Gasteiger partial charge in [-0.1, -0.05) is 48.6 Å². The normalized spacial score (nSPS) is 15.7. The van der Waals surface area contributed by atoms with E-state index in [9.17, 15) is 0 Å². The van der Waals surface area contributed by atoms with Crippen LogP contribution in [0.15, 0.2) is 65.6 Å². The van der Waals surface area contributed by atoms with Gasteiger partial charge in [-0.3, -0.25) is 4.90 Å². The topological polar surface area (TPSA) is 3.24 Å². The first-order valence-corrected chi connectivity index (χ1v) is 7.95. The van der Waals surface area contributed by atoms with Gasteiger partial charge < -0.3 is 0 Å². The molecule has 1 aromatic carbocycles. The molecule has 3 rings (SSSR count). The predicted octanol–water partition coefficient (Wildman–Crippen LogP) is 5.02. The summed E-state index contributed by atoms with van der Waals surface area (Å²) in [4.78, 5) is 3.83. The number of benzene rings is 1. The number of nitrogens with zero attached hydrogens (tertiary/aromatic N) is 1. The van der Waals surface area contributed by atoms with E-state index in [4.69, 9.17) is 0 Å². The van der Waals surface area contributed by atoms with Crippen molar-refractivity contribution >= 4 is 29.8 Å². The van der Waals surface area contributed by atoms with Gasteiger partial charge in [0, 0.05) is 24.5 Å². The first-order chi connectivity index (χ1) is 9.90. The summed E-state index contributed by atoms with van der Waals surface area (Å²) < 4.78 is 0. The van der Waals surface area contributed by atoms with Crippen LogP contribution in [0.1, 0.15) is 16.9 Å². The molecule has 0 N–H and O–H groups in total. The van der Waals surface area contributed by atoms with Gasteiger partial charge in [-0.25, -0.2) is 0 Å². The molecule has 0 saturated heterocycles. The second-order valence-corrected chi connectivity index (χ2v) is 6.08. The zero-order valence-electron chi connectivity index (χ0n) is 11.9. The van der Waals surface area contributed by atoms with Gasteiger partial charge in [0.05, 0.1) is 0 Å². The summed E-state index contributed by atoms with van der Waals surface area (Å²) in [5.74, 6) is 0. The molecule has 0 atom stereocenters. The zero-order valence-corrected chi connectivity index (χ0v) is 13.6. The number of hydrogen-bond donors (Lipinski definition) is 0. The lowest BCUT2D eigenvalue weighted by atomic mass is 10.1. The molecule has 1 aromatic heterocycles. The van der Waals surface area contributed by atoms with Crippen molar-refractivity contribution in [1.82, 2.24) is 4.90 Å². The molecular formula is C18H20ClNS. The minimum absolute atomic E-state index is 0. The molecule has 1 nitrogen and oxygen atoms in total. The second-order valence-electron chi connectivity index (χ2n) is 5.10. The predicted molar refractivity (Wildman–Crippen MR) is 95.0 cm³/mol. The number of hydrogen-bond acceptors (Lipinski definition) is 2.